The quantitative estimate of drug-likeness (QED) is 0.713. The van der Waals surface area contributed by atoms with Crippen molar-refractivity contribution >= 4 is 11.7 Å². The van der Waals surface area contributed by atoms with Gasteiger partial charge < -0.3 is 14.6 Å². The molecule has 128 valence electrons. The fourth-order valence-electron chi connectivity index (χ4n) is 2.26. The molecule has 7 nitrogen and oxygen atoms in total. The van der Waals surface area contributed by atoms with Crippen LogP contribution in [-0.2, 0) is 13.0 Å². The van der Waals surface area contributed by atoms with Crippen molar-refractivity contribution in [1.29, 1.82) is 0 Å². The molecular weight excluding hydrogens is 318 g/mol. The molecule has 0 unspecified atom stereocenters. The summed E-state index contributed by atoms with van der Waals surface area (Å²) in [4.78, 5) is 26.4. The zero-order chi connectivity index (χ0) is 17.5. The molecule has 0 saturated carbocycles. The summed E-state index contributed by atoms with van der Waals surface area (Å²) in [6.45, 7) is 1.11. The average Bonchev–Trinajstić information content (AvgIpc) is 3.19. The number of anilines is 1. The van der Waals surface area contributed by atoms with Crippen LogP contribution in [0.3, 0.4) is 0 Å². The van der Waals surface area contributed by atoms with Gasteiger partial charge in [0.25, 0.3) is 5.91 Å². The maximum Gasteiger partial charge on any atom is 0.273 e. The first-order valence-corrected chi connectivity index (χ1v) is 7.95. The van der Waals surface area contributed by atoms with Crippen LogP contribution in [0.15, 0.2) is 59.7 Å². The zero-order valence-corrected chi connectivity index (χ0v) is 13.9. The highest BCUT2D eigenvalue weighted by molar-refractivity contribution is 5.91. The summed E-state index contributed by atoms with van der Waals surface area (Å²) in [5.41, 5.74) is 1.46. The normalized spacial score (nSPS) is 10.4. The number of nitrogens with one attached hydrogen (secondary N) is 1. The molecule has 0 aromatic carbocycles. The molecule has 0 fully saturated rings. The maximum absolute atomic E-state index is 12.4. The Morgan fingerprint density at radius 2 is 2.04 bits per heavy atom. The van der Waals surface area contributed by atoms with Crippen LogP contribution in [0, 0.1) is 0 Å². The summed E-state index contributed by atoms with van der Waals surface area (Å²) >= 11 is 0. The van der Waals surface area contributed by atoms with E-state index in [1.54, 1.807) is 36.8 Å². The molecule has 3 aromatic rings. The van der Waals surface area contributed by atoms with Gasteiger partial charge >= 0.3 is 0 Å². The van der Waals surface area contributed by atoms with E-state index in [4.69, 9.17) is 4.42 Å². The van der Waals surface area contributed by atoms with Gasteiger partial charge in [0, 0.05) is 26.0 Å². The van der Waals surface area contributed by atoms with E-state index in [-0.39, 0.29) is 5.91 Å². The fraction of sp³-hybridized carbons (Fsp3) is 0.222. The molecule has 0 saturated heterocycles. The van der Waals surface area contributed by atoms with Crippen LogP contribution in [-0.4, -0.2) is 39.4 Å². The van der Waals surface area contributed by atoms with Gasteiger partial charge in [-0.05, 0) is 36.2 Å². The lowest BCUT2D eigenvalue weighted by Gasteiger charge is -2.16. The number of aromatic nitrogens is 3. The molecule has 0 aliphatic heterocycles. The van der Waals surface area contributed by atoms with Crippen LogP contribution in [0.25, 0.3) is 0 Å². The third-order valence-corrected chi connectivity index (χ3v) is 3.73. The number of rotatable bonds is 7. The van der Waals surface area contributed by atoms with Crippen LogP contribution in [0.2, 0.25) is 0 Å². The Balaban J connectivity index is 1.52. The summed E-state index contributed by atoms with van der Waals surface area (Å²) in [5, 5.41) is 3.09. The van der Waals surface area contributed by atoms with Gasteiger partial charge in [-0.2, -0.15) is 0 Å². The first-order chi connectivity index (χ1) is 12.2. The molecule has 0 aliphatic carbocycles. The lowest BCUT2D eigenvalue weighted by atomic mass is 10.2. The zero-order valence-electron chi connectivity index (χ0n) is 13.9. The Morgan fingerprint density at radius 1 is 1.20 bits per heavy atom. The number of carbonyl (C=O) groups excluding carboxylic acids is 1. The van der Waals surface area contributed by atoms with Gasteiger partial charge in [-0.1, -0.05) is 0 Å². The molecule has 1 N–H and O–H groups in total. The number of carbonyl (C=O) groups is 1. The molecule has 0 radical (unpaired) electrons. The van der Waals surface area contributed by atoms with E-state index >= 15 is 0 Å². The standard InChI is InChI=1S/C18H19N5O2/c1-23(9-6-14-4-7-19-8-5-14)18(24)16-12-22-17(13-20-16)21-11-15-3-2-10-25-15/h2-5,7-8,10,12-13H,6,9,11H2,1H3,(H,21,22). The van der Waals surface area contributed by atoms with Crippen molar-refractivity contribution in [3.63, 3.8) is 0 Å². The topological polar surface area (TPSA) is 84.2 Å². The van der Waals surface area contributed by atoms with Crippen molar-refractivity contribution in [1.82, 2.24) is 19.9 Å². The monoisotopic (exact) mass is 337 g/mol. The lowest BCUT2D eigenvalue weighted by molar-refractivity contribution is 0.0790. The van der Waals surface area contributed by atoms with E-state index in [0.29, 0.717) is 24.6 Å². The van der Waals surface area contributed by atoms with Crippen LogP contribution in [0.1, 0.15) is 21.8 Å². The lowest BCUT2D eigenvalue weighted by Crippen LogP contribution is -2.29. The highest BCUT2D eigenvalue weighted by Gasteiger charge is 2.13. The summed E-state index contributed by atoms with van der Waals surface area (Å²) in [6.07, 6.45) is 8.91. The molecule has 0 bridgehead atoms. The van der Waals surface area contributed by atoms with E-state index in [9.17, 15) is 4.79 Å². The van der Waals surface area contributed by atoms with E-state index in [1.165, 1.54) is 6.20 Å². The summed E-state index contributed by atoms with van der Waals surface area (Å²) < 4.78 is 5.24. The van der Waals surface area contributed by atoms with E-state index in [1.807, 2.05) is 24.3 Å². The molecule has 3 heterocycles. The predicted molar refractivity (Wildman–Crippen MR) is 93.0 cm³/mol. The van der Waals surface area contributed by atoms with Gasteiger partial charge in [0.1, 0.15) is 17.3 Å². The molecule has 0 atom stereocenters. The molecule has 3 aromatic heterocycles. The van der Waals surface area contributed by atoms with Gasteiger partial charge in [0.15, 0.2) is 0 Å². The first-order valence-electron chi connectivity index (χ1n) is 7.95. The van der Waals surface area contributed by atoms with Crippen molar-refractivity contribution in [3.8, 4) is 0 Å². The minimum Gasteiger partial charge on any atom is -0.467 e. The number of nitrogens with zero attached hydrogens (tertiary/aromatic N) is 4. The van der Waals surface area contributed by atoms with Crippen molar-refractivity contribution in [3.05, 3.63) is 72.3 Å². The number of hydrogen-bond donors (Lipinski definition) is 1. The minimum atomic E-state index is -0.154. The number of likely N-dealkylation sites (N-methyl/N-ethyl adjacent to an activating group) is 1. The Bertz CT molecular complexity index is 788. The van der Waals surface area contributed by atoms with Crippen LogP contribution < -0.4 is 5.32 Å². The second kappa shape index (κ2) is 8.05. The third-order valence-electron chi connectivity index (χ3n) is 3.73. The highest BCUT2D eigenvalue weighted by Crippen LogP contribution is 2.08. The Hall–Kier alpha value is -3.22. The third kappa shape index (κ3) is 4.63. The van der Waals surface area contributed by atoms with Crippen molar-refractivity contribution in [2.75, 3.05) is 18.9 Å². The molecule has 7 heteroatoms. The number of amides is 1. The molecule has 1 amide bonds. The second-order valence-electron chi connectivity index (χ2n) is 5.55. The average molecular weight is 337 g/mol. The Kier molecular flexibility index (Phi) is 5.36. The van der Waals surface area contributed by atoms with Crippen molar-refractivity contribution < 1.29 is 9.21 Å². The van der Waals surface area contributed by atoms with Crippen LogP contribution in [0.5, 0.6) is 0 Å². The smallest absolute Gasteiger partial charge is 0.273 e. The molecule has 25 heavy (non-hydrogen) atoms. The number of pyridine rings is 1. The highest BCUT2D eigenvalue weighted by atomic mass is 16.3. The summed E-state index contributed by atoms with van der Waals surface area (Å²) in [5.74, 6) is 1.24. The maximum atomic E-state index is 12.4. The number of furan rings is 1. The Labute approximate surface area is 145 Å². The minimum absolute atomic E-state index is 0.154. The Morgan fingerprint density at radius 3 is 2.72 bits per heavy atom. The van der Waals surface area contributed by atoms with E-state index in [2.05, 4.69) is 20.3 Å². The summed E-state index contributed by atoms with van der Waals surface area (Å²) in [7, 11) is 1.76. The largest absolute Gasteiger partial charge is 0.467 e. The SMILES string of the molecule is CN(CCc1ccncc1)C(=O)c1cnc(NCc2ccco2)cn1. The molecular formula is C18H19N5O2. The van der Waals surface area contributed by atoms with Gasteiger partial charge in [-0.3, -0.25) is 9.78 Å². The predicted octanol–water partition coefficient (Wildman–Crippen LogP) is 2.39. The van der Waals surface area contributed by atoms with Crippen molar-refractivity contribution in [2.45, 2.75) is 13.0 Å². The van der Waals surface area contributed by atoms with E-state index < -0.39 is 0 Å². The molecule has 3 rings (SSSR count). The van der Waals surface area contributed by atoms with Gasteiger partial charge in [-0.25, -0.2) is 9.97 Å². The van der Waals surface area contributed by atoms with E-state index in [0.717, 1.165) is 17.7 Å². The molecule has 0 aliphatic rings. The van der Waals surface area contributed by atoms with Gasteiger partial charge in [0.05, 0.1) is 25.2 Å². The van der Waals surface area contributed by atoms with Crippen molar-refractivity contribution in [2.24, 2.45) is 0 Å². The summed E-state index contributed by atoms with van der Waals surface area (Å²) in [6, 6.07) is 7.58. The fourth-order valence-corrected chi connectivity index (χ4v) is 2.26. The second-order valence-corrected chi connectivity index (χ2v) is 5.55. The van der Waals surface area contributed by atoms with Crippen LogP contribution in [0.4, 0.5) is 5.82 Å². The first kappa shape index (κ1) is 16.6. The molecule has 0 spiro atoms. The van der Waals surface area contributed by atoms with Crippen LogP contribution >= 0.6 is 0 Å². The number of hydrogen-bond acceptors (Lipinski definition) is 6. The van der Waals surface area contributed by atoms with Gasteiger partial charge in [0.2, 0.25) is 0 Å². The van der Waals surface area contributed by atoms with Gasteiger partial charge in [-0.15, -0.1) is 0 Å².